The number of nitrogens with zero attached hydrogens (tertiary/aromatic N) is 3. The number of carbonyl (C=O) groups is 1. The second-order valence-electron chi connectivity index (χ2n) is 4.22. The number of carbonyl (C=O) groups excluding carboxylic acids is 1. The minimum atomic E-state index is -0.570. The van der Waals surface area contributed by atoms with Crippen molar-refractivity contribution in [2.75, 3.05) is 12.3 Å². The molecule has 1 atom stereocenters. The average Bonchev–Trinajstić information content (AvgIpc) is 2.81. The fourth-order valence-corrected chi connectivity index (χ4v) is 1.94. The smallest absolute Gasteiger partial charge is 0.362 e. The van der Waals surface area contributed by atoms with Crippen molar-refractivity contribution < 1.29 is 9.53 Å². The molecule has 0 aliphatic rings. The summed E-state index contributed by atoms with van der Waals surface area (Å²) in [4.78, 5) is 11.6. The monoisotopic (exact) mass is 294 g/mol. The van der Waals surface area contributed by atoms with Crippen LogP contribution in [0.2, 0.25) is 5.02 Å². The Balaban J connectivity index is 2.29. The van der Waals surface area contributed by atoms with Gasteiger partial charge in [-0.05, 0) is 31.5 Å². The Hall–Kier alpha value is -2.08. The van der Waals surface area contributed by atoms with E-state index in [-0.39, 0.29) is 24.2 Å². The minimum absolute atomic E-state index is 0.0349. The SMILES string of the molecule is CCOC(=O)c1nnn(C(C)c2ccc(Cl)cc2)c1N. The second-order valence-corrected chi connectivity index (χ2v) is 4.65. The molecule has 1 aromatic carbocycles. The highest BCUT2D eigenvalue weighted by Crippen LogP contribution is 2.23. The van der Waals surface area contributed by atoms with Crippen molar-refractivity contribution in [3.05, 3.63) is 40.5 Å². The van der Waals surface area contributed by atoms with Crippen LogP contribution in [0.25, 0.3) is 0 Å². The fourth-order valence-electron chi connectivity index (χ4n) is 1.81. The van der Waals surface area contributed by atoms with Crippen LogP contribution in [-0.4, -0.2) is 27.6 Å². The summed E-state index contributed by atoms with van der Waals surface area (Å²) in [5.74, 6) is -0.384. The Morgan fingerprint density at radius 2 is 2.10 bits per heavy atom. The molecule has 7 heteroatoms. The number of esters is 1. The normalized spacial score (nSPS) is 12.2. The van der Waals surface area contributed by atoms with E-state index in [0.29, 0.717) is 5.02 Å². The van der Waals surface area contributed by atoms with Crippen LogP contribution in [0.5, 0.6) is 0 Å². The number of ether oxygens (including phenoxy) is 1. The van der Waals surface area contributed by atoms with Gasteiger partial charge in [-0.1, -0.05) is 28.9 Å². The van der Waals surface area contributed by atoms with Gasteiger partial charge in [0.2, 0.25) is 5.69 Å². The fraction of sp³-hybridized carbons (Fsp3) is 0.308. The third-order valence-corrected chi connectivity index (χ3v) is 3.17. The van der Waals surface area contributed by atoms with E-state index in [1.54, 1.807) is 19.1 Å². The molecular weight excluding hydrogens is 280 g/mol. The second kappa shape index (κ2) is 5.92. The lowest BCUT2D eigenvalue weighted by Crippen LogP contribution is -2.13. The van der Waals surface area contributed by atoms with Gasteiger partial charge in [0.25, 0.3) is 0 Å². The third kappa shape index (κ3) is 2.75. The zero-order chi connectivity index (χ0) is 14.7. The summed E-state index contributed by atoms with van der Waals surface area (Å²) in [5, 5.41) is 8.36. The van der Waals surface area contributed by atoms with E-state index in [2.05, 4.69) is 10.3 Å². The van der Waals surface area contributed by atoms with Crippen LogP contribution in [0.3, 0.4) is 0 Å². The molecule has 0 bridgehead atoms. The van der Waals surface area contributed by atoms with E-state index in [4.69, 9.17) is 22.1 Å². The lowest BCUT2D eigenvalue weighted by molar-refractivity contribution is 0.0520. The molecule has 0 aliphatic heterocycles. The van der Waals surface area contributed by atoms with Gasteiger partial charge in [-0.15, -0.1) is 5.10 Å². The summed E-state index contributed by atoms with van der Waals surface area (Å²) >= 11 is 5.85. The van der Waals surface area contributed by atoms with Crippen LogP contribution in [-0.2, 0) is 4.74 Å². The molecule has 20 heavy (non-hydrogen) atoms. The number of nitrogens with two attached hydrogens (primary N) is 1. The van der Waals surface area contributed by atoms with Gasteiger partial charge in [0.15, 0.2) is 5.82 Å². The molecule has 1 unspecified atom stereocenters. The summed E-state index contributed by atoms with van der Waals surface area (Å²) in [6.45, 7) is 3.88. The molecular formula is C13H15ClN4O2. The van der Waals surface area contributed by atoms with E-state index in [1.807, 2.05) is 19.1 Å². The van der Waals surface area contributed by atoms with E-state index >= 15 is 0 Å². The molecule has 0 aliphatic carbocycles. The largest absolute Gasteiger partial charge is 0.461 e. The number of halogens is 1. The maximum atomic E-state index is 11.6. The Morgan fingerprint density at radius 3 is 2.70 bits per heavy atom. The van der Waals surface area contributed by atoms with Gasteiger partial charge in [0.05, 0.1) is 12.6 Å². The molecule has 0 saturated heterocycles. The molecule has 0 fully saturated rings. The standard InChI is InChI=1S/C13H15ClN4O2/c1-3-20-13(19)11-12(15)18(17-16-11)8(2)9-4-6-10(14)7-5-9/h4-8H,3,15H2,1-2H3. The van der Waals surface area contributed by atoms with Crippen molar-refractivity contribution in [2.45, 2.75) is 19.9 Å². The highest BCUT2D eigenvalue weighted by atomic mass is 35.5. The highest BCUT2D eigenvalue weighted by molar-refractivity contribution is 6.30. The summed E-state index contributed by atoms with van der Waals surface area (Å²) < 4.78 is 6.35. The van der Waals surface area contributed by atoms with Crippen LogP contribution in [0, 0.1) is 0 Å². The number of nitrogen functional groups attached to an aromatic ring is 1. The lowest BCUT2D eigenvalue weighted by atomic mass is 10.1. The molecule has 0 amide bonds. The molecule has 106 valence electrons. The van der Waals surface area contributed by atoms with Gasteiger partial charge in [0, 0.05) is 5.02 Å². The zero-order valence-electron chi connectivity index (χ0n) is 11.2. The van der Waals surface area contributed by atoms with Gasteiger partial charge >= 0.3 is 5.97 Å². The quantitative estimate of drug-likeness (QED) is 0.875. The Morgan fingerprint density at radius 1 is 1.45 bits per heavy atom. The number of hydrogen-bond acceptors (Lipinski definition) is 5. The van der Waals surface area contributed by atoms with Gasteiger partial charge in [-0.25, -0.2) is 9.48 Å². The van der Waals surface area contributed by atoms with Crippen molar-refractivity contribution in [3.63, 3.8) is 0 Å². The van der Waals surface area contributed by atoms with Crippen molar-refractivity contribution in [1.29, 1.82) is 0 Å². The lowest BCUT2D eigenvalue weighted by Gasteiger charge is -2.13. The van der Waals surface area contributed by atoms with Gasteiger partial charge in [-0.3, -0.25) is 0 Å². The maximum absolute atomic E-state index is 11.6. The Bertz CT molecular complexity index is 609. The first-order valence-corrected chi connectivity index (χ1v) is 6.55. The van der Waals surface area contributed by atoms with E-state index in [9.17, 15) is 4.79 Å². The molecule has 1 heterocycles. The highest BCUT2D eigenvalue weighted by Gasteiger charge is 2.21. The first kappa shape index (κ1) is 14.3. The van der Waals surface area contributed by atoms with Crippen molar-refractivity contribution >= 4 is 23.4 Å². The topological polar surface area (TPSA) is 83.0 Å². The molecule has 1 aromatic heterocycles. The molecule has 0 radical (unpaired) electrons. The number of aromatic nitrogens is 3. The minimum Gasteiger partial charge on any atom is -0.461 e. The summed E-state index contributed by atoms with van der Waals surface area (Å²) in [6.07, 6.45) is 0. The molecule has 2 N–H and O–H groups in total. The van der Waals surface area contributed by atoms with Gasteiger partial charge in [-0.2, -0.15) is 0 Å². The average molecular weight is 295 g/mol. The van der Waals surface area contributed by atoms with Crippen molar-refractivity contribution in [1.82, 2.24) is 15.0 Å². The summed E-state index contributed by atoms with van der Waals surface area (Å²) in [7, 11) is 0. The van der Waals surface area contributed by atoms with Crippen molar-refractivity contribution in [3.8, 4) is 0 Å². The van der Waals surface area contributed by atoms with E-state index < -0.39 is 5.97 Å². The third-order valence-electron chi connectivity index (χ3n) is 2.92. The number of benzene rings is 1. The molecule has 2 aromatic rings. The molecule has 0 saturated carbocycles. The van der Waals surface area contributed by atoms with Crippen LogP contribution >= 0.6 is 11.6 Å². The van der Waals surface area contributed by atoms with E-state index in [0.717, 1.165) is 5.56 Å². The number of rotatable bonds is 4. The molecule has 6 nitrogen and oxygen atoms in total. The first-order chi connectivity index (χ1) is 9.54. The molecule has 2 rings (SSSR count). The van der Waals surface area contributed by atoms with Crippen LogP contribution in [0.4, 0.5) is 5.82 Å². The van der Waals surface area contributed by atoms with Gasteiger partial charge in [0.1, 0.15) is 0 Å². The first-order valence-electron chi connectivity index (χ1n) is 6.17. The Labute approximate surface area is 121 Å². The number of hydrogen-bond donors (Lipinski definition) is 1. The summed E-state index contributed by atoms with van der Waals surface area (Å²) in [6, 6.07) is 7.15. The Kier molecular flexibility index (Phi) is 4.24. The predicted octanol–water partition coefficient (Wildman–Crippen LogP) is 2.30. The zero-order valence-corrected chi connectivity index (χ0v) is 12.0. The number of anilines is 1. The molecule has 0 spiro atoms. The van der Waals surface area contributed by atoms with Crippen LogP contribution in [0.15, 0.2) is 24.3 Å². The van der Waals surface area contributed by atoms with E-state index in [1.165, 1.54) is 4.68 Å². The maximum Gasteiger partial charge on any atom is 0.362 e. The van der Waals surface area contributed by atoms with Crippen LogP contribution in [0.1, 0.15) is 35.9 Å². The van der Waals surface area contributed by atoms with Gasteiger partial charge < -0.3 is 10.5 Å². The summed E-state index contributed by atoms with van der Waals surface area (Å²) in [5.41, 5.74) is 6.91. The predicted molar refractivity (Wildman–Crippen MR) is 75.7 cm³/mol. The van der Waals surface area contributed by atoms with Crippen molar-refractivity contribution in [2.24, 2.45) is 0 Å². The van der Waals surface area contributed by atoms with Crippen LogP contribution < -0.4 is 5.73 Å².